The van der Waals surface area contributed by atoms with Crippen LogP contribution in [0.3, 0.4) is 0 Å². The van der Waals surface area contributed by atoms with E-state index < -0.39 is 6.10 Å². The molecular weight excluding hydrogens is 238 g/mol. The first-order chi connectivity index (χ1) is 9.10. The first kappa shape index (κ1) is 14.4. The van der Waals surface area contributed by atoms with Gasteiger partial charge in [-0.05, 0) is 43.4 Å². The number of hydrogen-bond acceptors (Lipinski definition) is 3. The van der Waals surface area contributed by atoms with Crippen LogP contribution in [0.5, 0.6) is 5.75 Å². The number of nitrogens with zero attached hydrogens (tertiary/aromatic N) is 1. The van der Waals surface area contributed by atoms with Gasteiger partial charge in [-0.1, -0.05) is 19.1 Å². The summed E-state index contributed by atoms with van der Waals surface area (Å²) >= 11 is 0. The molecule has 0 spiro atoms. The van der Waals surface area contributed by atoms with Crippen LogP contribution in [0.4, 0.5) is 0 Å². The molecule has 0 saturated carbocycles. The minimum Gasteiger partial charge on any atom is -0.497 e. The summed E-state index contributed by atoms with van der Waals surface area (Å²) in [6, 6.07) is 8.27. The van der Waals surface area contributed by atoms with Crippen LogP contribution in [-0.2, 0) is 0 Å². The molecule has 3 atom stereocenters. The SMILES string of the molecule is COc1ccc(C(O)CN2CC(C)CCC2C)cc1. The normalized spacial score (nSPS) is 26.1. The van der Waals surface area contributed by atoms with Crippen molar-refractivity contribution in [1.29, 1.82) is 0 Å². The predicted molar refractivity (Wildman–Crippen MR) is 77.4 cm³/mol. The van der Waals surface area contributed by atoms with E-state index in [1.807, 2.05) is 24.3 Å². The van der Waals surface area contributed by atoms with E-state index in [4.69, 9.17) is 4.74 Å². The second-order valence-corrected chi connectivity index (χ2v) is 5.77. The number of likely N-dealkylation sites (tertiary alicyclic amines) is 1. The lowest BCUT2D eigenvalue weighted by Gasteiger charge is -2.37. The highest BCUT2D eigenvalue weighted by Crippen LogP contribution is 2.25. The van der Waals surface area contributed by atoms with Crippen molar-refractivity contribution in [2.75, 3.05) is 20.2 Å². The van der Waals surface area contributed by atoms with Gasteiger partial charge in [-0.3, -0.25) is 4.90 Å². The van der Waals surface area contributed by atoms with Crippen molar-refractivity contribution in [1.82, 2.24) is 4.90 Å². The zero-order valence-electron chi connectivity index (χ0n) is 12.2. The van der Waals surface area contributed by atoms with E-state index in [0.29, 0.717) is 6.04 Å². The molecule has 1 N–H and O–H groups in total. The minimum absolute atomic E-state index is 0.418. The van der Waals surface area contributed by atoms with E-state index in [9.17, 15) is 5.11 Å². The largest absolute Gasteiger partial charge is 0.497 e. The molecule has 1 aromatic carbocycles. The zero-order valence-corrected chi connectivity index (χ0v) is 12.2. The van der Waals surface area contributed by atoms with Gasteiger partial charge in [0.2, 0.25) is 0 Å². The third-order valence-electron chi connectivity index (χ3n) is 4.15. The fourth-order valence-electron chi connectivity index (χ4n) is 2.79. The topological polar surface area (TPSA) is 32.7 Å². The van der Waals surface area contributed by atoms with Gasteiger partial charge < -0.3 is 9.84 Å². The molecule has 1 heterocycles. The first-order valence-electron chi connectivity index (χ1n) is 7.16. The summed E-state index contributed by atoms with van der Waals surface area (Å²) in [7, 11) is 1.65. The molecule has 3 nitrogen and oxygen atoms in total. The van der Waals surface area contributed by atoms with Gasteiger partial charge in [0.15, 0.2) is 0 Å². The molecule has 0 bridgehead atoms. The maximum atomic E-state index is 10.4. The molecule has 3 heteroatoms. The fraction of sp³-hybridized carbons (Fsp3) is 0.625. The van der Waals surface area contributed by atoms with Crippen molar-refractivity contribution in [2.24, 2.45) is 5.92 Å². The van der Waals surface area contributed by atoms with Crippen LogP contribution >= 0.6 is 0 Å². The molecule has 0 amide bonds. The fourth-order valence-corrected chi connectivity index (χ4v) is 2.79. The Labute approximate surface area is 116 Å². The summed E-state index contributed by atoms with van der Waals surface area (Å²) in [4.78, 5) is 2.41. The number of ether oxygens (including phenoxy) is 1. The molecule has 1 aromatic rings. The zero-order chi connectivity index (χ0) is 13.8. The van der Waals surface area contributed by atoms with Gasteiger partial charge in [0.05, 0.1) is 13.2 Å². The molecule has 0 aliphatic carbocycles. The van der Waals surface area contributed by atoms with Crippen molar-refractivity contribution in [3.63, 3.8) is 0 Å². The Morgan fingerprint density at radius 3 is 2.58 bits per heavy atom. The number of piperidine rings is 1. The molecule has 2 rings (SSSR count). The lowest BCUT2D eigenvalue weighted by atomic mass is 9.94. The van der Waals surface area contributed by atoms with Crippen LogP contribution < -0.4 is 4.74 Å². The Morgan fingerprint density at radius 1 is 1.26 bits per heavy atom. The average molecular weight is 263 g/mol. The number of methoxy groups -OCH3 is 1. The number of β-amino-alcohol motifs (C(OH)–C–C–N with tert-alkyl or cyclic N) is 1. The number of benzene rings is 1. The molecule has 3 unspecified atom stereocenters. The molecule has 0 radical (unpaired) electrons. The summed E-state index contributed by atoms with van der Waals surface area (Å²) in [6.07, 6.45) is 2.12. The molecule has 1 saturated heterocycles. The number of rotatable bonds is 4. The molecule has 0 aromatic heterocycles. The van der Waals surface area contributed by atoms with Crippen LogP contribution in [0.25, 0.3) is 0 Å². The van der Waals surface area contributed by atoms with E-state index in [1.165, 1.54) is 12.8 Å². The molecule has 1 aliphatic rings. The maximum Gasteiger partial charge on any atom is 0.118 e. The number of aliphatic hydroxyl groups excluding tert-OH is 1. The average Bonchev–Trinajstić information content (AvgIpc) is 2.43. The highest BCUT2D eigenvalue weighted by atomic mass is 16.5. The molecule has 1 aliphatic heterocycles. The van der Waals surface area contributed by atoms with Crippen molar-refractivity contribution >= 4 is 0 Å². The standard InChI is InChI=1S/C16H25NO2/c1-12-4-5-13(2)17(10-12)11-16(18)14-6-8-15(19-3)9-7-14/h6-9,12-13,16,18H,4-5,10-11H2,1-3H3. The monoisotopic (exact) mass is 263 g/mol. The van der Waals surface area contributed by atoms with Crippen LogP contribution in [-0.4, -0.2) is 36.2 Å². The van der Waals surface area contributed by atoms with E-state index in [1.54, 1.807) is 7.11 Å². The maximum absolute atomic E-state index is 10.4. The first-order valence-corrected chi connectivity index (χ1v) is 7.16. The summed E-state index contributed by atoms with van der Waals surface area (Å²) in [5.41, 5.74) is 0.964. The van der Waals surface area contributed by atoms with E-state index in [0.717, 1.165) is 30.3 Å². The highest BCUT2D eigenvalue weighted by molar-refractivity contribution is 5.28. The Kier molecular flexibility index (Phi) is 4.83. The van der Waals surface area contributed by atoms with Crippen molar-refractivity contribution in [3.8, 4) is 5.75 Å². The summed E-state index contributed by atoms with van der Waals surface area (Å²) in [5, 5.41) is 10.4. The van der Waals surface area contributed by atoms with Crippen LogP contribution in [0.15, 0.2) is 24.3 Å². The van der Waals surface area contributed by atoms with Gasteiger partial charge in [0.25, 0.3) is 0 Å². The number of aliphatic hydroxyl groups is 1. The van der Waals surface area contributed by atoms with Gasteiger partial charge in [0, 0.05) is 19.1 Å². The highest BCUT2D eigenvalue weighted by Gasteiger charge is 2.24. The molecule has 19 heavy (non-hydrogen) atoms. The van der Waals surface area contributed by atoms with Gasteiger partial charge in [0.1, 0.15) is 5.75 Å². The minimum atomic E-state index is -0.418. The van der Waals surface area contributed by atoms with Crippen molar-refractivity contribution in [3.05, 3.63) is 29.8 Å². The van der Waals surface area contributed by atoms with E-state index in [-0.39, 0.29) is 0 Å². The summed E-state index contributed by atoms with van der Waals surface area (Å²) in [5.74, 6) is 1.56. The summed E-state index contributed by atoms with van der Waals surface area (Å²) in [6.45, 7) is 6.36. The Bertz CT molecular complexity index is 390. The van der Waals surface area contributed by atoms with Gasteiger partial charge in [-0.2, -0.15) is 0 Å². The summed E-state index contributed by atoms with van der Waals surface area (Å²) < 4.78 is 5.14. The van der Waals surface area contributed by atoms with Gasteiger partial charge in [-0.15, -0.1) is 0 Å². The van der Waals surface area contributed by atoms with Gasteiger partial charge in [-0.25, -0.2) is 0 Å². The third-order valence-corrected chi connectivity index (χ3v) is 4.15. The third kappa shape index (κ3) is 3.71. The Morgan fingerprint density at radius 2 is 1.95 bits per heavy atom. The second-order valence-electron chi connectivity index (χ2n) is 5.77. The van der Waals surface area contributed by atoms with Crippen molar-refractivity contribution < 1.29 is 9.84 Å². The quantitative estimate of drug-likeness (QED) is 0.906. The van der Waals surface area contributed by atoms with Gasteiger partial charge >= 0.3 is 0 Å². The van der Waals surface area contributed by atoms with Crippen LogP contribution in [0.2, 0.25) is 0 Å². The van der Waals surface area contributed by atoms with Crippen LogP contribution in [0.1, 0.15) is 38.4 Å². The Balaban J connectivity index is 1.97. The van der Waals surface area contributed by atoms with E-state index in [2.05, 4.69) is 18.7 Å². The molecule has 1 fully saturated rings. The molecule has 106 valence electrons. The smallest absolute Gasteiger partial charge is 0.118 e. The van der Waals surface area contributed by atoms with E-state index >= 15 is 0 Å². The lowest BCUT2D eigenvalue weighted by Crippen LogP contribution is -2.43. The second kappa shape index (κ2) is 6.40. The number of hydrogen-bond donors (Lipinski definition) is 1. The molecular formula is C16H25NO2. The van der Waals surface area contributed by atoms with Crippen molar-refractivity contribution in [2.45, 2.75) is 38.8 Å². The lowest BCUT2D eigenvalue weighted by molar-refractivity contribution is 0.0568. The Hall–Kier alpha value is -1.06. The van der Waals surface area contributed by atoms with Crippen LogP contribution in [0, 0.1) is 5.92 Å². The predicted octanol–water partition coefficient (Wildman–Crippen LogP) is 2.85.